The van der Waals surface area contributed by atoms with Crippen molar-refractivity contribution in [2.24, 2.45) is 0 Å². The maximum Gasteiger partial charge on any atom is 0.127 e. The lowest BCUT2D eigenvalue weighted by molar-refractivity contribution is 0.452. The first kappa shape index (κ1) is 18.4. The second-order valence-corrected chi connectivity index (χ2v) is 6.19. The standard InChI is InChI=1S/C18H29ClFN/c1-3-5-6-7-8-9-10-17(21-4-2)13-15-11-12-16(19)14-18(15)20/h11-12,14,17,21H,3-10,13H2,1-2H3. The van der Waals surface area contributed by atoms with E-state index in [2.05, 4.69) is 19.2 Å². The summed E-state index contributed by atoms with van der Waals surface area (Å²) >= 11 is 5.80. The van der Waals surface area contributed by atoms with Crippen molar-refractivity contribution in [1.29, 1.82) is 0 Å². The maximum atomic E-state index is 13.9. The van der Waals surface area contributed by atoms with Crippen molar-refractivity contribution in [3.05, 3.63) is 34.6 Å². The van der Waals surface area contributed by atoms with Crippen LogP contribution in [-0.2, 0) is 6.42 Å². The van der Waals surface area contributed by atoms with Crippen molar-refractivity contribution in [1.82, 2.24) is 5.32 Å². The lowest BCUT2D eigenvalue weighted by atomic mass is 9.99. The van der Waals surface area contributed by atoms with Crippen LogP contribution in [0.2, 0.25) is 5.02 Å². The molecule has 120 valence electrons. The second kappa shape index (κ2) is 11.0. The van der Waals surface area contributed by atoms with E-state index in [1.165, 1.54) is 44.6 Å². The van der Waals surface area contributed by atoms with E-state index in [4.69, 9.17) is 11.6 Å². The molecule has 3 heteroatoms. The fraction of sp³-hybridized carbons (Fsp3) is 0.667. The molecule has 1 atom stereocenters. The van der Waals surface area contributed by atoms with Crippen LogP contribution in [0, 0.1) is 5.82 Å². The number of benzene rings is 1. The van der Waals surface area contributed by atoms with Gasteiger partial charge in [0.2, 0.25) is 0 Å². The Morgan fingerprint density at radius 3 is 2.48 bits per heavy atom. The molecule has 1 aromatic carbocycles. The average molecular weight is 314 g/mol. The molecule has 0 heterocycles. The van der Waals surface area contributed by atoms with Crippen LogP contribution in [-0.4, -0.2) is 12.6 Å². The van der Waals surface area contributed by atoms with Crippen LogP contribution in [0.5, 0.6) is 0 Å². The van der Waals surface area contributed by atoms with Crippen molar-refractivity contribution in [2.45, 2.75) is 71.3 Å². The summed E-state index contributed by atoms with van der Waals surface area (Å²) in [5, 5.41) is 3.94. The number of halogens is 2. The SMILES string of the molecule is CCCCCCCCC(Cc1ccc(Cl)cc1F)NCC. The molecule has 0 saturated heterocycles. The van der Waals surface area contributed by atoms with E-state index < -0.39 is 0 Å². The van der Waals surface area contributed by atoms with Crippen LogP contribution in [0.15, 0.2) is 18.2 Å². The smallest absolute Gasteiger partial charge is 0.127 e. The Kier molecular flexibility index (Phi) is 9.69. The summed E-state index contributed by atoms with van der Waals surface area (Å²) in [6, 6.07) is 5.35. The van der Waals surface area contributed by atoms with Gasteiger partial charge in [-0.15, -0.1) is 0 Å². The van der Waals surface area contributed by atoms with Gasteiger partial charge in [0.25, 0.3) is 0 Å². The van der Waals surface area contributed by atoms with E-state index in [-0.39, 0.29) is 5.82 Å². The summed E-state index contributed by atoms with van der Waals surface area (Å²) in [5.41, 5.74) is 0.760. The van der Waals surface area contributed by atoms with Crippen LogP contribution in [0.25, 0.3) is 0 Å². The molecule has 0 aromatic heterocycles. The van der Waals surface area contributed by atoms with Gasteiger partial charge in [-0.05, 0) is 37.1 Å². The lowest BCUT2D eigenvalue weighted by Gasteiger charge is -2.18. The van der Waals surface area contributed by atoms with Crippen molar-refractivity contribution in [3.8, 4) is 0 Å². The molecule has 21 heavy (non-hydrogen) atoms. The third-order valence-corrected chi connectivity index (χ3v) is 4.12. The molecule has 0 fully saturated rings. The number of hydrogen-bond donors (Lipinski definition) is 1. The molecule has 1 rings (SSSR count). The number of rotatable bonds is 11. The molecule has 1 nitrogen and oxygen atoms in total. The molecule has 1 N–H and O–H groups in total. The summed E-state index contributed by atoms with van der Waals surface area (Å²) in [5.74, 6) is -0.187. The van der Waals surface area contributed by atoms with Gasteiger partial charge in [0, 0.05) is 11.1 Å². The van der Waals surface area contributed by atoms with Crippen LogP contribution in [0.1, 0.15) is 64.4 Å². The number of likely N-dealkylation sites (N-methyl/N-ethyl adjacent to an activating group) is 1. The van der Waals surface area contributed by atoms with E-state index >= 15 is 0 Å². The minimum absolute atomic E-state index is 0.187. The molecule has 0 aliphatic carbocycles. The highest BCUT2D eigenvalue weighted by Gasteiger charge is 2.11. The Labute approximate surface area is 134 Å². The molecule has 0 amide bonds. The van der Waals surface area contributed by atoms with Gasteiger partial charge in [0.05, 0.1) is 0 Å². The second-order valence-electron chi connectivity index (χ2n) is 5.75. The fourth-order valence-electron chi connectivity index (χ4n) is 2.69. The molecule has 0 radical (unpaired) electrons. The van der Waals surface area contributed by atoms with Crippen LogP contribution in [0.3, 0.4) is 0 Å². The lowest BCUT2D eigenvalue weighted by Crippen LogP contribution is -2.31. The molecule has 0 aliphatic heterocycles. The summed E-state index contributed by atoms with van der Waals surface area (Å²) in [6.45, 7) is 5.27. The molecule has 1 aromatic rings. The van der Waals surface area contributed by atoms with Gasteiger partial charge in [0.1, 0.15) is 5.82 Å². The van der Waals surface area contributed by atoms with Crippen molar-refractivity contribution >= 4 is 11.6 Å². The summed E-state index contributed by atoms with van der Waals surface area (Å²) < 4.78 is 13.9. The van der Waals surface area contributed by atoms with Gasteiger partial charge < -0.3 is 5.32 Å². The minimum Gasteiger partial charge on any atom is -0.314 e. The minimum atomic E-state index is -0.187. The Hall–Kier alpha value is -0.600. The Morgan fingerprint density at radius 2 is 1.81 bits per heavy atom. The highest BCUT2D eigenvalue weighted by atomic mass is 35.5. The summed E-state index contributed by atoms with van der Waals surface area (Å²) in [4.78, 5) is 0. The van der Waals surface area contributed by atoms with Gasteiger partial charge in [0.15, 0.2) is 0 Å². The van der Waals surface area contributed by atoms with Gasteiger partial charge in [-0.2, -0.15) is 0 Å². The van der Waals surface area contributed by atoms with Crippen molar-refractivity contribution < 1.29 is 4.39 Å². The highest BCUT2D eigenvalue weighted by Crippen LogP contribution is 2.18. The predicted octanol–water partition coefficient (Wildman–Crippen LogP) is 5.75. The first-order valence-electron chi connectivity index (χ1n) is 8.34. The van der Waals surface area contributed by atoms with E-state index in [1.54, 1.807) is 6.07 Å². The fourth-order valence-corrected chi connectivity index (χ4v) is 2.85. The predicted molar refractivity (Wildman–Crippen MR) is 90.6 cm³/mol. The van der Waals surface area contributed by atoms with Gasteiger partial charge in [-0.25, -0.2) is 4.39 Å². The molecule has 0 saturated carbocycles. The zero-order chi connectivity index (χ0) is 15.5. The van der Waals surface area contributed by atoms with Crippen LogP contribution < -0.4 is 5.32 Å². The quantitative estimate of drug-likeness (QED) is 0.513. The van der Waals surface area contributed by atoms with Gasteiger partial charge >= 0.3 is 0 Å². The first-order chi connectivity index (χ1) is 10.2. The zero-order valence-electron chi connectivity index (χ0n) is 13.4. The Balaban J connectivity index is 2.38. The molecule has 1 unspecified atom stereocenters. The Morgan fingerprint density at radius 1 is 1.10 bits per heavy atom. The maximum absolute atomic E-state index is 13.9. The largest absolute Gasteiger partial charge is 0.314 e. The monoisotopic (exact) mass is 313 g/mol. The molecule has 0 bridgehead atoms. The van der Waals surface area contributed by atoms with Gasteiger partial charge in [-0.3, -0.25) is 0 Å². The van der Waals surface area contributed by atoms with E-state index in [0.717, 1.165) is 24.9 Å². The average Bonchev–Trinajstić information content (AvgIpc) is 2.45. The number of nitrogens with one attached hydrogen (secondary N) is 1. The van der Waals surface area contributed by atoms with E-state index in [9.17, 15) is 4.39 Å². The van der Waals surface area contributed by atoms with Crippen LogP contribution in [0.4, 0.5) is 4.39 Å². The summed E-state index contributed by atoms with van der Waals surface area (Å²) in [6.07, 6.45) is 9.65. The molecule has 0 aliphatic rings. The molecular weight excluding hydrogens is 285 g/mol. The highest BCUT2D eigenvalue weighted by molar-refractivity contribution is 6.30. The molecular formula is C18H29ClFN. The summed E-state index contributed by atoms with van der Waals surface area (Å²) in [7, 11) is 0. The van der Waals surface area contributed by atoms with Crippen molar-refractivity contribution in [2.75, 3.05) is 6.54 Å². The first-order valence-corrected chi connectivity index (χ1v) is 8.72. The topological polar surface area (TPSA) is 12.0 Å². The third kappa shape index (κ3) is 7.82. The number of unbranched alkanes of at least 4 members (excludes halogenated alkanes) is 5. The van der Waals surface area contributed by atoms with E-state index in [0.29, 0.717) is 11.1 Å². The van der Waals surface area contributed by atoms with Gasteiger partial charge in [-0.1, -0.05) is 70.0 Å². The number of hydrogen-bond acceptors (Lipinski definition) is 1. The van der Waals surface area contributed by atoms with E-state index in [1.807, 2.05) is 6.07 Å². The Bertz CT molecular complexity index is 395. The molecule has 0 spiro atoms. The zero-order valence-corrected chi connectivity index (χ0v) is 14.2. The normalized spacial score (nSPS) is 12.6. The third-order valence-electron chi connectivity index (χ3n) is 3.88. The van der Waals surface area contributed by atoms with Crippen LogP contribution >= 0.6 is 11.6 Å². The van der Waals surface area contributed by atoms with Crippen molar-refractivity contribution in [3.63, 3.8) is 0 Å².